The van der Waals surface area contributed by atoms with Crippen molar-refractivity contribution >= 4 is 0 Å². The minimum Gasteiger partial charge on any atom is -0.302 e. The molecule has 2 nitrogen and oxygen atoms in total. The summed E-state index contributed by atoms with van der Waals surface area (Å²) < 4.78 is 0. The fourth-order valence-corrected chi connectivity index (χ4v) is 3.33. The van der Waals surface area contributed by atoms with Crippen LogP contribution in [-0.2, 0) is 0 Å². The summed E-state index contributed by atoms with van der Waals surface area (Å²) in [4.78, 5) is 2.48. The van der Waals surface area contributed by atoms with Crippen molar-refractivity contribution in [2.45, 2.75) is 45.4 Å². The lowest BCUT2D eigenvalue weighted by Crippen LogP contribution is -2.41. The van der Waals surface area contributed by atoms with Gasteiger partial charge in [0.1, 0.15) is 0 Å². The SMILES string of the molecule is CCC1(CC)CCN(CC(C#N)c2ccccc2)CC1. The lowest BCUT2D eigenvalue weighted by atomic mass is 9.74. The largest absolute Gasteiger partial charge is 0.302 e. The molecule has 0 aliphatic carbocycles. The Labute approximate surface area is 123 Å². The van der Waals surface area contributed by atoms with Crippen LogP contribution < -0.4 is 0 Å². The van der Waals surface area contributed by atoms with Crippen LogP contribution in [-0.4, -0.2) is 24.5 Å². The van der Waals surface area contributed by atoms with E-state index < -0.39 is 0 Å². The van der Waals surface area contributed by atoms with E-state index in [9.17, 15) is 5.26 Å². The van der Waals surface area contributed by atoms with Gasteiger partial charge in [0.2, 0.25) is 0 Å². The van der Waals surface area contributed by atoms with Gasteiger partial charge in [-0.15, -0.1) is 0 Å². The van der Waals surface area contributed by atoms with Gasteiger partial charge in [0.05, 0.1) is 12.0 Å². The Hall–Kier alpha value is -1.33. The first kappa shape index (κ1) is 15.1. The Bertz CT molecular complexity index is 432. The van der Waals surface area contributed by atoms with Gasteiger partial charge in [-0.1, -0.05) is 57.0 Å². The van der Waals surface area contributed by atoms with Crippen molar-refractivity contribution < 1.29 is 0 Å². The highest BCUT2D eigenvalue weighted by Crippen LogP contribution is 2.38. The molecule has 0 aromatic heterocycles. The molecular formula is C18H26N2. The Morgan fingerprint density at radius 1 is 1.15 bits per heavy atom. The maximum absolute atomic E-state index is 9.43. The number of likely N-dealkylation sites (tertiary alicyclic amines) is 1. The standard InChI is InChI=1S/C18H26N2/c1-3-18(4-2)10-12-20(13-11-18)15-17(14-19)16-8-6-5-7-9-16/h5-9,17H,3-4,10-13,15H2,1-2H3. The molecule has 1 heterocycles. The van der Waals surface area contributed by atoms with Crippen LogP contribution in [0.1, 0.15) is 51.0 Å². The molecule has 1 fully saturated rings. The summed E-state index contributed by atoms with van der Waals surface area (Å²) >= 11 is 0. The van der Waals surface area contributed by atoms with Crippen LogP contribution in [0.25, 0.3) is 0 Å². The van der Waals surface area contributed by atoms with Crippen LogP contribution in [0, 0.1) is 16.7 Å². The van der Waals surface area contributed by atoms with Gasteiger partial charge in [-0.3, -0.25) is 0 Å². The van der Waals surface area contributed by atoms with E-state index in [-0.39, 0.29) is 5.92 Å². The van der Waals surface area contributed by atoms with Crippen LogP contribution in [0.15, 0.2) is 30.3 Å². The summed E-state index contributed by atoms with van der Waals surface area (Å²) in [5.74, 6) is 0.00644. The van der Waals surface area contributed by atoms with E-state index in [1.165, 1.54) is 25.7 Å². The molecule has 1 aromatic carbocycles. The van der Waals surface area contributed by atoms with Gasteiger partial charge >= 0.3 is 0 Å². The molecule has 0 radical (unpaired) electrons. The van der Waals surface area contributed by atoms with Gasteiger partial charge in [0.15, 0.2) is 0 Å². The topological polar surface area (TPSA) is 27.0 Å². The highest BCUT2D eigenvalue weighted by Gasteiger charge is 2.31. The zero-order valence-electron chi connectivity index (χ0n) is 12.8. The van der Waals surface area contributed by atoms with Gasteiger partial charge in [0, 0.05) is 6.54 Å². The molecule has 1 atom stereocenters. The van der Waals surface area contributed by atoms with Crippen LogP contribution in [0.3, 0.4) is 0 Å². The number of hydrogen-bond acceptors (Lipinski definition) is 2. The first-order valence-corrected chi connectivity index (χ1v) is 7.90. The van der Waals surface area contributed by atoms with Crippen molar-refractivity contribution in [1.82, 2.24) is 4.90 Å². The third-order valence-electron chi connectivity index (χ3n) is 5.22. The third kappa shape index (κ3) is 3.41. The van der Waals surface area contributed by atoms with Crippen molar-refractivity contribution in [3.63, 3.8) is 0 Å². The molecule has 1 unspecified atom stereocenters. The third-order valence-corrected chi connectivity index (χ3v) is 5.22. The summed E-state index contributed by atoms with van der Waals surface area (Å²) in [7, 11) is 0. The second kappa shape index (κ2) is 6.90. The highest BCUT2D eigenvalue weighted by atomic mass is 15.1. The van der Waals surface area contributed by atoms with E-state index in [1.807, 2.05) is 18.2 Å². The number of hydrogen-bond donors (Lipinski definition) is 0. The second-order valence-electron chi connectivity index (χ2n) is 6.10. The van der Waals surface area contributed by atoms with Gasteiger partial charge in [0.25, 0.3) is 0 Å². The average Bonchev–Trinajstić information content (AvgIpc) is 2.54. The molecular weight excluding hydrogens is 244 g/mol. The van der Waals surface area contributed by atoms with Crippen molar-refractivity contribution in [3.05, 3.63) is 35.9 Å². The second-order valence-corrected chi connectivity index (χ2v) is 6.10. The molecule has 1 aromatic rings. The van der Waals surface area contributed by atoms with E-state index >= 15 is 0 Å². The minimum atomic E-state index is 0.00644. The van der Waals surface area contributed by atoms with E-state index in [0.29, 0.717) is 5.41 Å². The number of piperidine rings is 1. The highest BCUT2D eigenvalue weighted by molar-refractivity contribution is 5.25. The van der Waals surface area contributed by atoms with E-state index in [2.05, 4.69) is 36.9 Å². The van der Waals surface area contributed by atoms with E-state index in [1.54, 1.807) is 0 Å². The minimum absolute atomic E-state index is 0.00644. The van der Waals surface area contributed by atoms with Crippen molar-refractivity contribution in [2.24, 2.45) is 5.41 Å². The van der Waals surface area contributed by atoms with Crippen LogP contribution in [0.2, 0.25) is 0 Å². The molecule has 20 heavy (non-hydrogen) atoms. The molecule has 2 rings (SSSR count). The Morgan fingerprint density at radius 3 is 2.25 bits per heavy atom. The molecule has 108 valence electrons. The monoisotopic (exact) mass is 270 g/mol. The number of nitriles is 1. The molecule has 0 N–H and O–H groups in total. The smallest absolute Gasteiger partial charge is 0.0839 e. The van der Waals surface area contributed by atoms with E-state index in [4.69, 9.17) is 0 Å². The van der Waals surface area contributed by atoms with Crippen LogP contribution in [0.4, 0.5) is 0 Å². The first-order valence-electron chi connectivity index (χ1n) is 7.90. The average molecular weight is 270 g/mol. The fraction of sp³-hybridized carbons (Fsp3) is 0.611. The number of benzene rings is 1. The Morgan fingerprint density at radius 2 is 1.75 bits per heavy atom. The predicted molar refractivity (Wildman–Crippen MR) is 83.5 cm³/mol. The van der Waals surface area contributed by atoms with Crippen LogP contribution >= 0.6 is 0 Å². The zero-order valence-corrected chi connectivity index (χ0v) is 12.8. The zero-order chi connectivity index (χ0) is 14.4. The van der Waals surface area contributed by atoms with Gasteiger partial charge in [-0.2, -0.15) is 5.26 Å². The van der Waals surface area contributed by atoms with Gasteiger partial charge < -0.3 is 4.90 Å². The molecule has 1 aliphatic rings. The number of rotatable bonds is 5. The summed E-state index contributed by atoms with van der Waals surface area (Å²) in [6.45, 7) is 7.81. The predicted octanol–water partition coefficient (Wildman–Crippen LogP) is 4.20. The van der Waals surface area contributed by atoms with Crippen LogP contribution in [0.5, 0.6) is 0 Å². The summed E-state index contributed by atoms with van der Waals surface area (Å²) in [6, 6.07) is 12.7. The molecule has 0 bridgehead atoms. The summed E-state index contributed by atoms with van der Waals surface area (Å²) in [6.07, 6.45) is 5.15. The Balaban J connectivity index is 1.93. The lowest BCUT2D eigenvalue weighted by Gasteiger charge is -2.41. The summed E-state index contributed by atoms with van der Waals surface area (Å²) in [5.41, 5.74) is 1.71. The molecule has 1 aliphatic heterocycles. The molecule has 2 heteroatoms. The molecule has 0 saturated carbocycles. The molecule has 0 amide bonds. The summed E-state index contributed by atoms with van der Waals surface area (Å²) in [5, 5.41) is 9.43. The maximum atomic E-state index is 9.43. The fourth-order valence-electron chi connectivity index (χ4n) is 3.33. The van der Waals surface area contributed by atoms with Gasteiger partial charge in [-0.05, 0) is 36.9 Å². The van der Waals surface area contributed by atoms with Crippen molar-refractivity contribution in [3.8, 4) is 6.07 Å². The van der Waals surface area contributed by atoms with E-state index in [0.717, 1.165) is 25.2 Å². The maximum Gasteiger partial charge on any atom is 0.0839 e. The van der Waals surface area contributed by atoms with Crippen molar-refractivity contribution in [2.75, 3.05) is 19.6 Å². The first-order chi connectivity index (χ1) is 9.73. The Kier molecular flexibility index (Phi) is 5.20. The number of nitrogens with zero attached hydrogens (tertiary/aromatic N) is 2. The van der Waals surface area contributed by atoms with Crippen molar-refractivity contribution in [1.29, 1.82) is 5.26 Å². The molecule has 1 saturated heterocycles. The lowest BCUT2D eigenvalue weighted by molar-refractivity contribution is 0.0942. The molecule has 0 spiro atoms. The van der Waals surface area contributed by atoms with Gasteiger partial charge in [-0.25, -0.2) is 0 Å². The normalized spacial score (nSPS) is 20.2. The quantitative estimate of drug-likeness (QED) is 0.802.